The van der Waals surface area contributed by atoms with Crippen molar-refractivity contribution in [3.8, 4) is 0 Å². The monoisotopic (exact) mass is 256 g/mol. The molecule has 0 heterocycles. The summed E-state index contributed by atoms with van der Waals surface area (Å²) in [5, 5.41) is 0. The molecule has 1 aromatic carbocycles. The maximum absolute atomic E-state index is 5.54. The van der Waals surface area contributed by atoms with Crippen LogP contribution in [0, 0.1) is 0 Å². The topological polar surface area (TPSA) is 29.3 Å². The molecule has 2 nitrogen and oxygen atoms in total. The number of likely N-dealkylation sites (N-methyl/N-ethyl adjacent to an activating group) is 1. The molecule has 0 aromatic heterocycles. The van der Waals surface area contributed by atoms with E-state index in [-0.39, 0.29) is 0 Å². The van der Waals surface area contributed by atoms with E-state index >= 15 is 0 Å². The summed E-state index contributed by atoms with van der Waals surface area (Å²) in [5.74, 6) is 0. The third-order valence-corrected chi connectivity index (χ3v) is 3.02. The lowest BCUT2D eigenvalue weighted by atomic mass is 10.2. The summed E-state index contributed by atoms with van der Waals surface area (Å²) in [7, 11) is 0. The number of benzene rings is 1. The van der Waals surface area contributed by atoms with Crippen LogP contribution in [0.15, 0.2) is 28.7 Å². The molecule has 2 N–H and O–H groups in total. The van der Waals surface area contributed by atoms with Gasteiger partial charge in [0.25, 0.3) is 0 Å². The normalized spacial score (nSPS) is 10.9. The van der Waals surface area contributed by atoms with Gasteiger partial charge in [-0.1, -0.05) is 41.1 Å². The molecule has 0 saturated heterocycles. The SMILES string of the molecule is CCN(CCN)Cc1ccccc1Br. The summed E-state index contributed by atoms with van der Waals surface area (Å²) in [6.45, 7) is 5.84. The summed E-state index contributed by atoms with van der Waals surface area (Å²) >= 11 is 3.55. The molecule has 1 aromatic rings. The first-order valence-corrected chi connectivity index (χ1v) is 5.73. The van der Waals surface area contributed by atoms with Gasteiger partial charge >= 0.3 is 0 Å². The van der Waals surface area contributed by atoms with Crippen LogP contribution in [0.5, 0.6) is 0 Å². The third-order valence-electron chi connectivity index (χ3n) is 2.24. The van der Waals surface area contributed by atoms with Crippen molar-refractivity contribution in [1.82, 2.24) is 4.90 Å². The van der Waals surface area contributed by atoms with E-state index < -0.39 is 0 Å². The highest BCUT2D eigenvalue weighted by molar-refractivity contribution is 9.10. The van der Waals surface area contributed by atoms with Gasteiger partial charge < -0.3 is 5.73 Å². The highest BCUT2D eigenvalue weighted by Gasteiger charge is 2.04. The fourth-order valence-corrected chi connectivity index (χ4v) is 1.81. The van der Waals surface area contributed by atoms with E-state index in [0.29, 0.717) is 0 Å². The zero-order valence-electron chi connectivity index (χ0n) is 8.54. The summed E-state index contributed by atoms with van der Waals surface area (Å²) in [5.41, 5.74) is 6.87. The standard InChI is InChI=1S/C11H17BrN2/c1-2-14(8-7-13)9-10-5-3-4-6-11(10)12/h3-6H,2,7-9,13H2,1H3. The first-order chi connectivity index (χ1) is 6.77. The van der Waals surface area contributed by atoms with E-state index in [2.05, 4.69) is 46.0 Å². The summed E-state index contributed by atoms with van der Waals surface area (Å²) < 4.78 is 1.18. The van der Waals surface area contributed by atoms with Gasteiger partial charge in [0.05, 0.1) is 0 Å². The molecule has 0 spiro atoms. The Kier molecular flexibility index (Phi) is 5.15. The zero-order chi connectivity index (χ0) is 10.4. The molecule has 0 unspecified atom stereocenters. The molecular formula is C11H17BrN2. The molecule has 0 aliphatic carbocycles. The first-order valence-electron chi connectivity index (χ1n) is 4.93. The Morgan fingerprint density at radius 1 is 1.36 bits per heavy atom. The lowest BCUT2D eigenvalue weighted by Crippen LogP contribution is -2.28. The van der Waals surface area contributed by atoms with Crippen LogP contribution in [0.3, 0.4) is 0 Å². The zero-order valence-corrected chi connectivity index (χ0v) is 10.1. The van der Waals surface area contributed by atoms with Gasteiger partial charge in [-0.05, 0) is 18.2 Å². The van der Waals surface area contributed by atoms with E-state index in [4.69, 9.17) is 5.73 Å². The molecule has 0 radical (unpaired) electrons. The van der Waals surface area contributed by atoms with Crippen molar-refractivity contribution in [3.05, 3.63) is 34.3 Å². The second kappa shape index (κ2) is 6.17. The Hall–Kier alpha value is -0.380. The smallest absolute Gasteiger partial charge is 0.0245 e. The van der Waals surface area contributed by atoms with Gasteiger partial charge in [0.15, 0.2) is 0 Å². The van der Waals surface area contributed by atoms with Crippen molar-refractivity contribution in [2.75, 3.05) is 19.6 Å². The van der Waals surface area contributed by atoms with Crippen LogP contribution in [-0.2, 0) is 6.54 Å². The van der Waals surface area contributed by atoms with Gasteiger partial charge in [-0.3, -0.25) is 4.90 Å². The summed E-state index contributed by atoms with van der Waals surface area (Å²) in [6, 6.07) is 8.32. The molecule has 0 fully saturated rings. The maximum Gasteiger partial charge on any atom is 0.0245 e. The van der Waals surface area contributed by atoms with Crippen molar-refractivity contribution in [2.24, 2.45) is 5.73 Å². The molecule has 0 bridgehead atoms. The third kappa shape index (κ3) is 3.40. The minimum atomic E-state index is 0.721. The van der Waals surface area contributed by atoms with E-state index in [0.717, 1.165) is 26.2 Å². The molecule has 14 heavy (non-hydrogen) atoms. The number of hydrogen-bond donors (Lipinski definition) is 1. The summed E-state index contributed by atoms with van der Waals surface area (Å²) in [6.07, 6.45) is 0. The van der Waals surface area contributed by atoms with Gasteiger partial charge in [0.1, 0.15) is 0 Å². The lowest BCUT2D eigenvalue weighted by molar-refractivity contribution is 0.287. The Morgan fingerprint density at radius 3 is 2.64 bits per heavy atom. The molecule has 3 heteroatoms. The fourth-order valence-electron chi connectivity index (χ4n) is 1.40. The number of nitrogens with two attached hydrogens (primary N) is 1. The predicted molar refractivity (Wildman–Crippen MR) is 64.1 cm³/mol. The van der Waals surface area contributed by atoms with Gasteiger partial charge in [0, 0.05) is 24.1 Å². The first kappa shape index (κ1) is 11.7. The Labute approximate surface area is 94.2 Å². The number of hydrogen-bond acceptors (Lipinski definition) is 2. The molecule has 1 rings (SSSR count). The molecule has 0 aliphatic rings. The highest BCUT2D eigenvalue weighted by Crippen LogP contribution is 2.17. The van der Waals surface area contributed by atoms with Gasteiger partial charge in [-0.15, -0.1) is 0 Å². The highest BCUT2D eigenvalue weighted by atomic mass is 79.9. The Morgan fingerprint density at radius 2 is 2.07 bits per heavy atom. The summed E-state index contributed by atoms with van der Waals surface area (Å²) in [4.78, 5) is 2.33. The van der Waals surface area contributed by atoms with Crippen molar-refractivity contribution in [2.45, 2.75) is 13.5 Å². The predicted octanol–water partition coefficient (Wildman–Crippen LogP) is 2.23. The van der Waals surface area contributed by atoms with Crippen LogP contribution in [0.1, 0.15) is 12.5 Å². The van der Waals surface area contributed by atoms with E-state index in [1.807, 2.05) is 6.07 Å². The minimum absolute atomic E-state index is 0.721. The number of halogens is 1. The second-order valence-corrected chi connectivity index (χ2v) is 4.10. The van der Waals surface area contributed by atoms with Crippen molar-refractivity contribution >= 4 is 15.9 Å². The molecule has 78 valence electrons. The maximum atomic E-state index is 5.54. The molecule has 0 saturated carbocycles. The second-order valence-electron chi connectivity index (χ2n) is 3.25. The van der Waals surface area contributed by atoms with Crippen molar-refractivity contribution in [1.29, 1.82) is 0 Å². The van der Waals surface area contributed by atoms with E-state index in [1.54, 1.807) is 0 Å². The molecule has 0 aliphatic heterocycles. The average Bonchev–Trinajstić information content (AvgIpc) is 2.20. The fraction of sp³-hybridized carbons (Fsp3) is 0.455. The largest absolute Gasteiger partial charge is 0.329 e. The average molecular weight is 257 g/mol. The van der Waals surface area contributed by atoms with Crippen LogP contribution in [0.25, 0.3) is 0 Å². The van der Waals surface area contributed by atoms with Gasteiger partial charge in [0.2, 0.25) is 0 Å². The van der Waals surface area contributed by atoms with Crippen molar-refractivity contribution in [3.63, 3.8) is 0 Å². The van der Waals surface area contributed by atoms with Crippen LogP contribution in [-0.4, -0.2) is 24.5 Å². The quantitative estimate of drug-likeness (QED) is 0.876. The molecule has 0 amide bonds. The van der Waals surface area contributed by atoms with Gasteiger partial charge in [-0.25, -0.2) is 0 Å². The van der Waals surface area contributed by atoms with Gasteiger partial charge in [-0.2, -0.15) is 0 Å². The van der Waals surface area contributed by atoms with Crippen LogP contribution < -0.4 is 5.73 Å². The van der Waals surface area contributed by atoms with E-state index in [9.17, 15) is 0 Å². The van der Waals surface area contributed by atoms with Crippen LogP contribution in [0.2, 0.25) is 0 Å². The Balaban J connectivity index is 2.62. The lowest BCUT2D eigenvalue weighted by Gasteiger charge is -2.19. The Bertz CT molecular complexity index is 276. The van der Waals surface area contributed by atoms with E-state index in [1.165, 1.54) is 10.0 Å². The van der Waals surface area contributed by atoms with Crippen LogP contribution >= 0.6 is 15.9 Å². The van der Waals surface area contributed by atoms with Crippen molar-refractivity contribution < 1.29 is 0 Å². The molecule has 0 atom stereocenters. The van der Waals surface area contributed by atoms with Crippen LogP contribution in [0.4, 0.5) is 0 Å². The number of rotatable bonds is 5. The minimum Gasteiger partial charge on any atom is -0.329 e. The number of nitrogens with zero attached hydrogens (tertiary/aromatic N) is 1. The molecular weight excluding hydrogens is 240 g/mol.